The molecule has 0 aliphatic carbocycles. The number of unbranched alkanes of at least 4 members (excludes halogenated alkanes) is 1. The molecule has 0 fully saturated rings. The van der Waals surface area contributed by atoms with Crippen molar-refractivity contribution in [1.29, 1.82) is 0 Å². The van der Waals surface area contributed by atoms with E-state index in [2.05, 4.69) is 28.8 Å². The maximum atomic E-state index is 3.46. The van der Waals surface area contributed by atoms with Crippen LogP contribution >= 0.6 is 0 Å². The summed E-state index contributed by atoms with van der Waals surface area (Å²) in [5.74, 6) is 0. The van der Waals surface area contributed by atoms with Gasteiger partial charge in [0, 0.05) is 12.2 Å². The monoisotopic (exact) mass is 218 g/mol. The lowest BCUT2D eigenvalue weighted by Crippen LogP contribution is -2.12. The van der Waals surface area contributed by atoms with Crippen molar-refractivity contribution < 1.29 is 0 Å². The molecule has 1 heterocycles. The van der Waals surface area contributed by atoms with Gasteiger partial charge in [0.05, 0.1) is 0 Å². The summed E-state index contributed by atoms with van der Waals surface area (Å²) in [4.78, 5) is 0. The largest absolute Gasteiger partial charge is 0.385 e. The van der Waals surface area contributed by atoms with Crippen LogP contribution in [0.5, 0.6) is 0 Å². The van der Waals surface area contributed by atoms with Crippen molar-refractivity contribution in [1.82, 2.24) is 5.32 Å². The van der Waals surface area contributed by atoms with Gasteiger partial charge in [-0.2, -0.15) is 0 Å². The highest BCUT2D eigenvalue weighted by atomic mass is 14.9. The Kier molecular flexibility index (Phi) is 4.23. The van der Waals surface area contributed by atoms with Crippen molar-refractivity contribution in [3.05, 3.63) is 29.3 Å². The number of hydrogen-bond acceptors (Lipinski definition) is 2. The summed E-state index contributed by atoms with van der Waals surface area (Å²) < 4.78 is 0. The molecule has 1 aromatic rings. The molecule has 88 valence electrons. The van der Waals surface area contributed by atoms with Crippen molar-refractivity contribution in [2.75, 3.05) is 25.5 Å². The Bertz CT molecular complexity index is 334. The van der Waals surface area contributed by atoms with Crippen LogP contribution in [0, 0.1) is 0 Å². The molecule has 0 unspecified atom stereocenters. The van der Waals surface area contributed by atoms with E-state index in [9.17, 15) is 0 Å². The number of aryl methyl sites for hydroxylation is 2. The fourth-order valence-electron chi connectivity index (χ4n) is 2.31. The SMILES string of the molecule is CNCCCCc1ccc2c(c1)CCCN2. The third-order valence-corrected chi connectivity index (χ3v) is 3.25. The van der Waals surface area contributed by atoms with Crippen LogP contribution < -0.4 is 10.6 Å². The molecule has 0 saturated heterocycles. The molecule has 0 saturated carbocycles. The van der Waals surface area contributed by atoms with Gasteiger partial charge in [0.1, 0.15) is 0 Å². The minimum Gasteiger partial charge on any atom is -0.385 e. The maximum Gasteiger partial charge on any atom is 0.0372 e. The van der Waals surface area contributed by atoms with Crippen LogP contribution in [-0.2, 0) is 12.8 Å². The Morgan fingerprint density at radius 2 is 2.25 bits per heavy atom. The lowest BCUT2D eigenvalue weighted by Gasteiger charge is -2.18. The van der Waals surface area contributed by atoms with Crippen LogP contribution in [0.15, 0.2) is 18.2 Å². The first-order chi connectivity index (χ1) is 7.90. The highest BCUT2D eigenvalue weighted by Gasteiger charge is 2.08. The molecule has 0 bridgehead atoms. The van der Waals surface area contributed by atoms with E-state index in [1.165, 1.54) is 48.9 Å². The first kappa shape index (κ1) is 11.5. The molecule has 0 radical (unpaired) electrons. The predicted molar refractivity (Wildman–Crippen MR) is 70.1 cm³/mol. The van der Waals surface area contributed by atoms with Crippen molar-refractivity contribution in [2.24, 2.45) is 0 Å². The maximum absolute atomic E-state index is 3.46. The molecule has 2 N–H and O–H groups in total. The van der Waals surface area contributed by atoms with Gasteiger partial charge in [-0.05, 0) is 62.9 Å². The van der Waals surface area contributed by atoms with Gasteiger partial charge in [0.15, 0.2) is 0 Å². The van der Waals surface area contributed by atoms with Gasteiger partial charge in [0.2, 0.25) is 0 Å². The van der Waals surface area contributed by atoms with Gasteiger partial charge in [-0.1, -0.05) is 12.1 Å². The normalized spacial score (nSPS) is 14.3. The molecule has 0 aromatic heterocycles. The molecule has 2 rings (SSSR count). The molecule has 0 atom stereocenters. The van der Waals surface area contributed by atoms with Crippen LogP contribution in [0.4, 0.5) is 5.69 Å². The second-order valence-electron chi connectivity index (χ2n) is 4.58. The molecule has 2 heteroatoms. The molecule has 2 nitrogen and oxygen atoms in total. The van der Waals surface area contributed by atoms with E-state index < -0.39 is 0 Å². The number of hydrogen-bond donors (Lipinski definition) is 2. The van der Waals surface area contributed by atoms with E-state index >= 15 is 0 Å². The smallest absolute Gasteiger partial charge is 0.0372 e. The Morgan fingerprint density at radius 1 is 1.31 bits per heavy atom. The van der Waals surface area contributed by atoms with E-state index in [0.29, 0.717) is 0 Å². The second kappa shape index (κ2) is 5.90. The number of anilines is 1. The van der Waals surface area contributed by atoms with Crippen LogP contribution in [-0.4, -0.2) is 20.1 Å². The third kappa shape index (κ3) is 2.99. The topological polar surface area (TPSA) is 24.1 Å². The van der Waals surface area contributed by atoms with Crippen LogP contribution in [0.1, 0.15) is 30.4 Å². The lowest BCUT2D eigenvalue weighted by atomic mass is 9.98. The van der Waals surface area contributed by atoms with Crippen LogP contribution in [0.2, 0.25) is 0 Å². The molecular formula is C14H22N2. The first-order valence-electron chi connectivity index (χ1n) is 6.40. The second-order valence-corrected chi connectivity index (χ2v) is 4.58. The van der Waals surface area contributed by atoms with Gasteiger partial charge in [-0.15, -0.1) is 0 Å². The quantitative estimate of drug-likeness (QED) is 0.742. The van der Waals surface area contributed by atoms with Crippen molar-refractivity contribution in [2.45, 2.75) is 32.1 Å². The average Bonchev–Trinajstić information content (AvgIpc) is 2.34. The summed E-state index contributed by atoms with van der Waals surface area (Å²) in [5.41, 5.74) is 4.36. The van der Waals surface area contributed by atoms with Crippen molar-refractivity contribution in [3.8, 4) is 0 Å². The molecule has 0 spiro atoms. The zero-order chi connectivity index (χ0) is 11.2. The Hall–Kier alpha value is -1.02. The lowest BCUT2D eigenvalue weighted by molar-refractivity contribution is 0.676. The fourth-order valence-corrected chi connectivity index (χ4v) is 2.31. The zero-order valence-corrected chi connectivity index (χ0v) is 10.2. The van der Waals surface area contributed by atoms with Gasteiger partial charge in [-0.25, -0.2) is 0 Å². The average molecular weight is 218 g/mol. The summed E-state index contributed by atoms with van der Waals surface area (Å²) >= 11 is 0. The van der Waals surface area contributed by atoms with E-state index in [0.717, 1.165) is 13.1 Å². The van der Waals surface area contributed by atoms with E-state index in [4.69, 9.17) is 0 Å². The number of rotatable bonds is 5. The minimum absolute atomic E-state index is 1.13. The molecule has 1 aliphatic rings. The van der Waals surface area contributed by atoms with Gasteiger partial charge in [-0.3, -0.25) is 0 Å². The van der Waals surface area contributed by atoms with Crippen LogP contribution in [0.3, 0.4) is 0 Å². The first-order valence-corrected chi connectivity index (χ1v) is 6.40. The standard InChI is InChI=1S/C14H22N2/c1-15-9-3-2-5-12-7-8-14-13(11-12)6-4-10-16-14/h7-8,11,15-16H,2-6,9-10H2,1H3. The van der Waals surface area contributed by atoms with Gasteiger partial charge >= 0.3 is 0 Å². The highest BCUT2D eigenvalue weighted by Crippen LogP contribution is 2.23. The summed E-state index contributed by atoms with van der Waals surface area (Å²) in [7, 11) is 2.02. The summed E-state index contributed by atoms with van der Waals surface area (Å²) in [6.45, 7) is 2.26. The summed E-state index contributed by atoms with van der Waals surface area (Å²) in [6.07, 6.45) is 6.29. The molecule has 1 aliphatic heterocycles. The molecule has 1 aromatic carbocycles. The predicted octanol–water partition coefficient (Wildman–Crippen LogP) is 2.59. The number of fused-ring (bicyclic) bond motifs is 1. The van der Waals surface area contributed by atoms with Gasteiger partial charge < -0.3 is 10.6 Å². The number of nitrogens with one attached hydrogen (secondary N) is 2. The third-order valence-electron chi connectivity index (χ3n) is 3.25. The van der Waals surface area contributed by atoms with E-state index in [-0.39, 0.29) is 0 Å². The molecule has 0 amide bonds. The molecule has 16 heavy (non-hydrogen) atoms. The van der Waals surface area contributed by atoms with Crippen LogP contribution in [0.25, 0.3) is 0 Å². The summed E-state index contributed by atoms with van der Waals surface area (Å²) in [5, 5.41) is 6.65. The minimum atomic E-state index is 1.13. The zero-order valence-electron chi connectivity index (χ0n) is 10.2. The Labute approximate surface area is 98.4 Å². The fraction of sp³-hybridized carbons (Fsp3) is 0.571. The van der Waals surface area contributed by atoms with E-state index in [1.54, 1.807) is 0 Å². The molecular weight excluding hydrogens is 196 g/mol. The Balaban J connectivity index is 1.90. The Morgan fingerprint density at radius 3 is 3.12 bits per heavy atom. The van der Waals surface area contributed by atoms with Crippen molar-refractivity contribution in [3.63, 3.8) is 0 Å². The number of benzene rings is 1. The highest BCUT2D eigenvalue weighted by molar-refractivity contribution is 5.54. The van der Waals surface area contributed by atoms with Gasteiger partial charge in [0.25, 0.3) is 0 Å². The summed E-state index contributed by atoms with van der Waals surface area (Å²) in [6, 6.07) is 6.92. The van der Waals surface area contributed by atoms with Crippen molar-refractivity contribution >= 4 is 5.69 Å². The van der Waals surface area contributed by atoms with E-state index in [1.807, 2.05) is 7.05 Å².